The zero-order valence-electron chi connectivity index (χ0n) is 22.6. The van der Waals surface area contributed by atoms with Crippen molar-refractivity contribution in [3.05, 3.63) is 94.5 Å². The molecule has 0 bridgehead atoms. The lowest BCUT2D eigenvalue weighted by Crippen LogP contribution is -2.41. The van der Waals surface area contributed by atoms with Crippen molar-refractivity contribution in [3.8, 4) is 0 Å². The molecule has 1 fully saturated rings. The Hall–Kier alpha value is -3.25. The summed E-state index contributed by atoms with van der Waals surface area (Å²) in [6, 6.07) is 14.2. The maximum Gasteiger partial charge on any atom is 0.407 e. The summed E-state index contributed by atoms with van der Waals surface area (Å²) in [6.45, 7) is 5.73. The van der Waals surface area contributed by atoms with Gasteiger partial charge in [-0.1, -0.05) is 35.9 Å². The number of hydrogen-bond donors (Lipinski definition) is 1. The van der Waals surface area contributed by atoms with Gasteiger partial charge in [-0.25, -0.2) is 22.0 Å². The van der Waals surface area contributed by atoms with Gasteiger partial charge in [0.25, 0.3) is 10.0 Å². The van der Waals surface area contributed by atoms with E-state index in [1.807, 2.05) is 0 Å². The second-order valence-corrected chi connectivity index (χ2v) is 11.7. The van der Waals surface area contributed by atoms with E-state index < -0.39 is 39.5 Å². The van der Waals surface area contributed by atoms with E-state index in [-0.39, 0.29) is 17.9 Å². The molecule has 0 unspecified atom stereocenters. The first-order chi connectivity index (χ1) is 19.7. The van der Waals surface area contributed by atoms with Crippen LogP contribution in [0.5, 0.6) is 0 Å². The van der Waals surface area contributed by atoms with Gasteiger partial charge in [0.15, 0.2) is 0 Å². The highest BCUT2D eigenvalue weighted by atomic mass is 35.5. The predicted molar refractivity (Wildman–Crippen MR) is 153 cm³/mol. The summed E-state index contributed by atoms with van der Waals surface area (Å²) in [6.07, 6.45) is -0.282. The highest BCUT2D eigenvalue weighted by Gasteiger charge is 2.33. The molecule has 3 aromatic rings. The highest BCUT2D eigenvalue weighted by molar-refractivity contribution is 7.92. The molecule has 41 heavy (non-hydrogen) atoms. The number of rotatable bonds is 11. The number of ether oxygens (including phenoxy) is 2. The Kier molecular flexibility index (Phi) is 10.5. The summed E-state index contributed by atoms with van der Waals surface area (Å²) in [5.74, 6) is -1.68. The molecule has 12 heteroatoms. The number of anilines is 1. The van der Waals surface area contributed by atoms with E-state index in [2.05, 4.69) is 10.2 Å². The lowest BCUT2D eigenvalue weighted by molar-refractivity contribution is 0.0383. The van der Waals surface area contributed by atoms with Gasteiger partial charge in [0, 0.05) is 43.7 Å². The van der Waals surface area contributed by atoms with Crippen LogP contribution in [0.2, 0.25) is 5.02 Å². The van der Waals surface area contributed by atoms with E-state index in [0.717, 1.165) is 35.6 Å². The molecule has 0 aliphatic carbocycles. The lowest BCUT2D eigenvalue weighted by Gasteiger charge is -2.32. The molecule has 0 radical (unpaired) electrons. The molecule has 1 amide bonds. The van der Waals surface area contributed by atoms with E-state index in [9.17, 15) is 17.6 Å². The van der Waals surface area contributed by atoms with Crippen molar-refractivity contribution in [1.82, 2.24) is 10.2 Å². The van der Waals surface area contributed by atoms with Crippen LogP contribution < -0.4 is 9.62 Å². The summed E-state index contributed by atoms with van der Waals surface area (Å²) in [7, 11) is -4.37. The number of carbonyl (C=O) groups is 1. The Morgan fingerprint density at radius 3 is 2.54 bits per heavy atom. The van der Waals surface area contributed by atoms with Crippen molar-refractivity contribution >= 4 is 33.4 Å². The topological polar surface area (TPSA) is 88.2 Å². The summed E-state index contributed by atoms with van der Waals surface area (Å²) < 4.78 is 68.6. The Morgan fingerprint density at radius 1 is 1.10 bits per heavy atom. The molecular weight excluding hydrogens is 576 g/mol. The van der Waals surface area contributed by atoms with Gasteiger partial charge >= 0.3 is 6.09 Å². The summed E-state index contributed by atoms with van der Waals surface area (Å²) >= 11 is 5.95. The predicted octanol–water partition coefficient (Wildman–Crippen LogP) is 5.18. The molecule has 8 nitrogen and oxygen atoms in total. The Balaban J connectivity index is 1.51. The van der Waals surface area contributed by atoms with Gasteiger partial charge in [0.05, 0.1) is 36.4 Å². The number of hydrogen-bond acceptors (Lipinski definition) is 6. The van der Waals surface area contributed by atoms with Crippen LogP contribution in [0.4, 0.5) is 19.3 Å². The van der Waals surface area contributed by atoms with Gasteiger partial charge in [0.1, 0.15) is 11.6 Å². The van der Waals surface area contributed by atoms with Crippen LogP contribution in [0.1, 0.15) is 24.1 Å². The normalized spacial score (nSPS) is 14.8. The second-order valence-electron chi connectivity index (χ2n) is 9.49. The zero-order valence-corrected chi connectivity index (χ0v) is 24.1. The molecular formula is C29H32ClF2N3O5S. The molecule has 1 aliphatic rings. The number of nitrogens with one attached hydrogen (secondary N) is 1. The maximum atomic E-state index is 15.1. The molecule has 1 saturated heterocycles. The fraction of sp³-hybridized carbons (Fsp3) is 0.345. The van der Waals surface area contributed by atoms with E-state index in [1.54, 1.807) is 31.2 Å². The number of halogens is 3. The summed E-state index contributed by atoms with van der Waals surface area (Å²) in [5.41, 5.74) is 0.803. The van der Waals surface area contributed by atoms with Gasteiger partial charge in [0.2, 0.25) is 0 Å². The van der Waals surface area contributed by atoms with Gasteiger partial charge in [-0.15, -0.1) is 0 Å². The third kappa shape index (κ3) is 7.94. The summed E-state index contributed by atoms with van der Waals surface area (Å²) in [4.78, 5) is 14.3. The number of alkyl carbamates (subject to hydrolysis) is 1. The molecule has 0 saturated carbocycles. The fourth-order valence-electron chi connectivity index (χ4n) is 4.66. The van der Waals surface area contributed by atoms with E-state index in [4.69, 9.17) is 21.1 Å². The molecule has 0 spiro atoms. The SMILES string of the molecule is C[C@H](c1ccccc1CCOC(=O)NCCN1CCOCC1)N(c1cc(F)ccc1F)S(=O)(=O)c1ccc(Cl)cc1. The minimum Gasteiger partial charge on any atom is -0.449 e. The molecule has 1 N–H and O–H groups in total. The standard InChI is InChI=1S/C29H32ClF2N3O5S/c1-21(35(28-20-24(31)8-11-27(28)32)41(37,38)25-9-6-23(30)7-10-25)26-5-3-2-4-22(26)12-17-40-29(36)33-13-14-34-15-18-39-19-16-34/h2-11,20-21H,12-19H2,1H3,(H,33,36)/t21-/m1/s1. The average molecular weight is 608 g/mol. The quantitative estimate of drug-likeness (QED) is 0.323. The van der Waals surface area contributed by atoms with Crippen LogP contribution in [-0.4, -0.2) is 65.4 Å². The maximum absolute atomic E-state index is 15.1. The lowest BCUT2D eigenvalue weighted by atomic mass is 9.99. The largest absolute Gasteiger partial charge is 0.449 e. The smallest absolute Gasteiger partial charge is 0.407 e. The molecule has 1 atom stereocenters. The van der Waals surface area contributed by atoms with E-state index in [1.165, 1.54) is 24.3 Å². The van der Waals surface area contributed by atoms with Crippen molar-refractivity contribution in [2.45, 2.75) is 24.3 Å². The zero-order chi connectivity index (χ0) is 29.4. The number of carbonyl (C=O) groups excluding carboxylic acids is 1. The molecule has 1 heterocycles. The first-order valence-corrected chi connectivity index (χ1v) is 15.0. The number of benzene rings is 3. The Labute approximate surface area is 243 Å². The molecule has 220 valence electrons. The third-order valence-corrected chi connectivity index (χ3v) is 8.93. The third-order valence-electron chi connectivity index (χ3n) is 6.78. The average Bonchev–Trinajstić information content (AvgIpc) is 2.96. The van der Waals surface area contributed by atoms with Crippen LogP contribution in [0.25, 0.3) is 0 Å². The van der Waals surface area contributed by atoms with Crippen LogP contribution in [0.15, 0.2) is 71.6 Å². The van der Waals surface area contributed by atoms with E-state index in [0.29, 0.717) is 42.5 Å². The van der Waals surface area contributed by atoms with Crippen molar-refractivity contribution < 1.29 is 31.5 Å². The monoisotopic (exact) mass is 607 g/mol. The van der Waals surface area contributed by atoms with Crippen LogP contribution in [0.3, 0.4) is 0 Å². The summed E-state index contributed by atoms with van der Waals surface area (Å²) in [5, 5.41) is 3.06. The molecule has 1 aliphatic heterocycles. The van der Waals surface area contributed by atoms with Crippen LogP contribution in [0, 0.1) is 11.6 Å². The molecule has 3 aromatic carbocycles. The fourth-order valence-corrected chi connectivity index (χ4v) is 6.42. The van der Waals surface area contributed by atoms with Gasteiger partial charge in [-0.05, 0) is 54.4 Å². The minimum atomic E-state index is -4.37. The van der Waals surface area contributed by atoms with E-state index >= 15 is 4.39 Å². The van der Waals surface area contributed by atoms with Crippen molar-refractivity contribution in [2.75, 3.05) is 50.3 Å². The Bertz CT molecular complexity index is 1440. The van der Waals surface area contributed by atoms with Crippen LogP contribution in [-0.2, 0) is 25.9 Å². The van der Waals surface area contributed by atoms with Gasteiger partial charge in [-0.2, -0.15) is 0 Å². The second kappa shape index (κ2) is 14.1. The first-order valence-electron chi connectivity index (χ1n) is 13.2. The number of nitrogens with zero attached hydrogens (tertiary/aromatic N) is 2. The first kappa shape index (κ1) is 30.7. The number of sulfonamides is 1. The minimum absolute atomic E-state index is 0.0331. The number of amides is 1. The van der Waals surface area contributed by atoms with Crippen molar-refractivity contribution in [2.24, 2.45) is 0 Å². The molecule has 4 rings (SSSR count). The van der Waals surface area contributed by atoms with Gasteiger partial charge in [-0.3, -0.25) is 9.21 Å². The number of morpholine rings is 1. The van der Waals surface area contributed by atoms with Crippen molar-refractivity contribution in [3.63, 3.8) is 0 Å². The van der Waals surface area contributed by atoms with Gasteiger partial charge < -0.3 is 14.8 Å². The van der Waals surface area contributed by atoms with Crippen molar-refractivity contribution in [1.29, 1.82) is 0 Å². The Morgan fingerprint density at radius 2 is 1.80 bits per heavy atom. The molecule has 0 aromatic heterocycles. The highest BCUT2D eigenvalue weighted by Crippen LogP contribution is 2.36. The van der Waals surface area contributed by atoms with Crippen LogP contribution >= 0.6 is 11.6 Å².